The molecular formula is C16H20N2O3. The first-order chi connectivity index (χ1) is 9.91. The summed E-state index contributed by atoms with van der Waals surface area (Å²) in [5, 5.41) is 9.04. The predicted octanol–water partition coefficient (Wildman–Crippen LogP) is 1.74. The van der Waals surface area contributed by atoms with Crippen LogP contribution in [0.5, 0.6) is 0 Å². The van der Waals surface area contributed by atoms with Crippen molar-refractivity contribution >= 4 is 11.9 Å². The van der Waals surface area contributed by atoms with Crippen LogP contribution in [0.25, 0.3) is 0 Å². The van der Waals surface area contributed by atoms with Crippen LogP contribution in [-0.4, -0.2) is 27.9 Å². The Hall–Kier alpha value is -1.88. The molecule has 3 rings (SSSR count). The number of nitrogens with two attached hydrogens (primary N) is 1. The lowest BCUT2D eigenvalue weighted by molar-refractivity contribution is -0.142. The van der Waals surface area contributed by atoms with Crippen LogP contribution in [0.2, 0.25) is 0 Å². The molecule has 1 amide bonds. The van der Waals surface area contributed by atoms with E-state index in [9.17, 15) is 9.59 Å². The number of hydrogen-bond acceptors (Lipinski definition) is 3. The van der Waals surface area contributed by atoms with Crippen molar-refractivity contribution in [2.75, 3.05) is 0 Å². The number of carboxylic acid groups (broad SMARTS) is 1. The molecule has 1 aliphatic carbocycles. The number of carboxylic acids is 1. The molecule has 112 valence electrons. The number of benzene rings is 1. The highest BCUT2D eigenvalue weighted by Crippen LogP contribution is 2.40. The zero-order valence-electron chi connectivity index (χ0n) is 12.1. The summed E-state index contributed by atoms with van der Waals surface area (Å²) < 4.78 is 0. The van der Waals surface area contributed by atoms with E-state index < -0.39 is 11.4 Å². The number of fused-ring (bicyclic) bond motifs is 1. The van der Waals surface area contributed by atoms with Crippen LogP contribution in [0.1, 0.15) is 47.7 Å². The Morgan fingerprint density at radius 2 is 2.05 bits per heavy atom. The van der Waals surface area contributed by atoms with Gasteiger partial charge in [-0.2, -0.15) is 0 Å². The first-order valence-corrected chi connectivity index (χ1v) is 7.32. The van der Waals surface area contributed by atoms with Crippen molar-refractivity contribution in [1.29, 1.82) is 0 Å². The fourth-order valence-electron chi connectivity index (χ4n) is 3.49. The van der Waals surface area contributed by atoms with Gasteiger partial charge >= 0.3 is 5.97 Å². The lowest BCUT2D eigenvalue weighted by Crippen LogP contribution is -2.47. The molecule has 21 heavy (non-hydrogen) atoms. The Kier molecular flexibility index (Phi) is 3.24. The van der Waals surface area contributed by atoms with E-state index in [4.69, 9.17) is 10.8 Å². The average molecular weight is 288 g/mol. The molecular weight excluding hydrogens is 268 g/mol. The van der Waals surface area contributed by atoms with E-state index in [0.717, 1.165) is 30.4 Å². The zero-order valence-corrected chi connectivity index (χ0v) is 12.1. The van der Waals surface area contributed by atoms with Crippen LogP contribution in [-0.2, 0) is 17.9 Å². The van der Waals surface area contributed by atoms with Crippen LogP contribution in [0, 0.1) is 5.41 Å². The van der Waals surface area contributed by atoms with Gasteiger partial charge < -0.3 is 15.7 Å². The second-order valence-corrected chi connectivity index (χ2v) is 6.37. The topological polar surface area (TPSA) is 83.6 Å². The van der Waals surface area contributed by atoms with E-state index >= 15 is 0 Å². The zero-order chi connectivity index (χ0) is 15.2. The van der Waals surface area contributed by atoms with Gasteiger partial charge in [-0.1, -0.05) is 12.5 Å². The number of hydrogen-bond donors (Lipinski definition) is 2. The van der Waals surface area contributed by atoms with Gasteiger partial charge in [0.2, 0.25) is 5.91 Å². The molecule has 0 spiro atoms. The minimum atomic E-state index is -0.938. The Morgan fingerprint density at radius 1 is 1.33 bits per heavy atom. The molecule has 1 fully saturated rings. The third-order valence-electron chi connectivity index (χ3n) is 4.98. The monoisotopic (exact) mass is 288 g/mol. The minimum Gasteiger partial charge on any atom is -0.478 e. The first-order valence-electron chi connectivity index (χ1n) is 7.32. The predicted molar refractivity (Wildman–Crippen MR) is 77.6 cm³/mol. The molecule has 5 nitrogen and oxygen atoms in total. The van der Waals surface area contributed by atoms with Crippen molar-refractivity contribution in [1.82, 2.24) is 4.90 Å². The van der Waals surface area contributed by atoms with E-state index in [2.05, 4.69) is 0 Å². The van der Waals surface area contributed by atoms with Crippen molar-refractivity contribution in [3.63, 3.8) is 0 Å². The quantitative estimate of drug-likeness (QED) is 0.868. The molecule has 0 bridgehead atoms. The molecule has 0 saturated heterocycles. The summed E-state index contributed by atoms with van der Waals surface area (Å²) >= 11 is 0. The van der Waals surface area contributed by atoms with Gasteiger partial charge in [-0.05, 0) is 43.0 Å². The molecule has 1 saturated carbocycles. The summed E-state index contributed by atoms with van der Waals surface area (Å²) in [6.07, 6.45) is 2.72. The molecule has 0 aromatic heterocycles. The van der Waals surface area contributed by atoms with Crippen molar-refractivity contribution in [3.8, 4) is 0 Å². The number of nitrogens with zero attached hydrogens (tertiary/aromatic N) is 1. The van der Waals surface area contributed by atoms with Gasteiger partial charge in [0.1, 0.15) is 0 Å². The van der Waals surface area contributed by atoms with Crippen molar-refractivity contribution < 1.29 is 14.7 Å². The van der Waals surface area contributed by atoms with Gasteiger partial charge in [-0.15, -0.1) is 0 Å². The lowest BCUT2D eigenvalue weighted by Gasteiger charge is -2.32. The Morgan fingerprint density at radius 3 is 2.67 bits per heavy atom. The SMILES string of the molecule is CC1(C(=O)N2Cc3ccc(C(=O)O)cc3C2)CCCC1N. The highest BCUT2D eigenvalue weighted by atomic mass is 16.4. The van der Waals surface area contributed by atoms with Gasteiger partial charge in [-0.3, -0.25) is 4.79 Å². The molecule has 0 radical (unpaired) electrons. The smallest absolute Gasteiger partial charge is 0.335 e. The van der Waals surface area contributed by atoms with Gasteiger partial charge in [0.25, 0.3) is 0 Å². The maximum atomic E-state index is 12.8. The standard InChI is InChI=1S/C16H20N2O3/c1-16(6-2-3-13(16)17)15(21)18-8-11-5-4-10(14(19)20)7-12(11)9-18/h4-5,7,13H,2-3,6,8-9,17H2,1H3,(H,19,20). The van der Waals surface area contributed by atoms with Gasteiger partial charge in [-0.25, -0.2) is 4.79 Å². The summed E-state index contributed by atoms with van der Waals surface area (Å²) in [7, 11) is 0. The molecule has 2 atom stereocenters. The van der Waals surface area contributed by atoms with Gasteiger partial charge in [0.15, 0.2) is 0 Å². The van der Waals surface area contributed by atoms with Crippen LogP contribution in [0.4, 0.5) is 0 Å². The first kappa shape index (κ1) is 14.1. The third kappa shape index (κ3) is 2.21. The van der Waals surface area contributed by atoms with E-state index in [1.54, 1.807) is 12.1 Å². The minimum absolute atomic E-state index is 0.0803. The Balaban J connectivity index is 1.81. The third-order valence-corrected chi connectivity index (χ3v) is 4.98. The molecule has 1 aliphatic heterocycles. The molecule has 2 unspecified atom stereocenters. The summed E-state index contributed by atoms with van der Waals surface area (Å²) in [5.41, 5.74) is 7.88. The normalized spacial score (nSPS) is 27.7. The number of carbonyl (C=O) groups excluding carboxylic acids is 1. The second-order valence-electron chi connectivity index (χ2n) is 6.37. The van der Waals surface area contributed by atoms with Crippen LogP contribution in [0.15, 0.2) is 18.2 Å². The summed E-state index contributed by atoms with van der Waals surface area (Å²) in [5.74, 6) is -0.840. The number of aromatic carboxylic acids is 1. The summed E-state index contributed by atoms with van der Waals surface area (Å²) in [4.78, 5) is 25.6. The van der Waals surface area contributed by atoms with E-state index in [1.165, 1.54) is 0 Å². The maximum absolute atomic E-state index is 12.8. The highest BCUT2D eigenvalue weighted by molar-refractivity contribution is 5.88. The Labute approximate surface area is 123 Å². The second kappa shape index (κ2) is 4.84. The highest BCUT2D eigenvalue weighted by Gasteiger charge is 2.45. The van der Waals surface area contributed by atoms with Gasteiger partial charge in [0, 0.05) is 19.1 Å². The number of amides is 1. The van der Waals surface area contributed by atoms with E-state index in [1.807, 2.05) is 17.9 Å². The molecule has 1 heterocycles. The van der Waals surface area contributed by atoms with Gasteiger partial charge in [0.05, 0.1) is 11.0 Å². The Bertz CT molecular complexity index is 614. The largest absolute Gasteiger partial charge is 0.478 e. The fourth-order valence-corrected chi connectivity index (χ4v) is 3.49. The molecule has 2 aliphatic rings. The molecule has 1 aromatic rings. The van der Waals surface area contributed by atoms with Crippen molar-refractivity contribution in [2.45, 2.75) is 45.3 Å². The molecule has 3 N–H and O–H groups in total. The number of rotatable bonds is 2. The van der Waals surface area contributed by atoms with Crippen LogP contribution < -0.4 is 5.73 Å². The molecule has 5 heteroatoms. The van der Waals surface area contributed by atoms with Crippen LogP contribution in [0.3, 0.4) is 0 Å². The molecule has 1 aromatic carbocycles. The maximum Gasteiger partial charge on any atom is 0.335 e. The van der Waals surface area contributed by atoms with Crippen molar-refractivity contribution in [2.24, 2.45) is 11.1 Å². The van der Waals surface area contributed by atoms with E-state index in [0.29, 0.717) is 13.1 Å². The van der Waals surface area contributed by atoms with E-state index in [-0.39, 0.29) is 17.5 Å². The summed E-state index contributed by atoms with van der Waals surface area (Å²) in [6.45, 7) is 2.99. The lowest BCUT2D eigenvalue weighted by atomic mass is 9.83. The number of carbonyl (C=O) groups is 2. The fraction of sp³-hybridized carbons (Fsp3) is 0.500. The summed E-state index contributed by atoms with van der Waals surface area (Å²) in [6, 6.07) is 4.99. The average Bonchev–Trinajstić information content (AvgIpc) is 3.02. The van der Waals surface area contributed by atoms with Crippen LogP contribution >= 0.6 is 0 Å². The van der Waals surface area contributed by atoms with Crippen molar-refractivity contribution in [3.05, 3.63) is 34.9 Å².